The molecule has 1 aliphatic carbocycles. The molecule has 1 aromatic carbocycles. The molecule has 18 heavy (non-hydrogen) atoms. The molecular formula is C15H18O3. The molecule has 1 aliphatic rings. The van der Waals surface area contributed by atoms with Gasteiger partial charge in [-0.25, -0.2) is 0 Å². The summed E-state index contributed by atoms with van der Waals surface area (Å²) in [7, 11) is 0. The predicted molar refractivity (Wildman–Crippen MR) is 69.0 cm³/mol. The van der Waals surface area contributed by atoms with Crippen LogP contribution in [0.1, 0.15) is 53.6 Å². The Morgan fingerprint density at radius 1 is 1.28 bits per heavy atom. The summed E-state index contributed by atoms with van der Waals surface area (Å²) in [5.41, 5.74) is 1.36. The van der Waals surface area contributed by atoms with Gasteiger partial charge in [0.2, 0.25) is 0 Å². The van der Waals surface area contributed by atoms with Gasteiger partial charge in [0.05, 0.1) is 5.41 Å². The molecule has 0 aromatic heterocycles. The van der Waals surface area contributed by atoms with Gasteiger partial charge in [-0.3, -0.25) is 9.59 Å². The molecule has 1 N–H and O–H groups in total. The third-order valence-corrected chi connectivity index (χ3v) is 3.97. The lowest BCUT2D eigenvalue weighted by Gasteiger charge is -2.34. The lowest BCUT2D eigenvalue weighted by Crippen LogP contribution is -2.38. The topological polar surface area (TPSA) is 54.4 Å². The molecule has 0 saturated heterocycles. The standard InChI is InChI=1S/C15H18O3/c1-11-5-6-12(10-16)13(9-11)15(14(17)18)7-3-2-4-8-15/h5-6,9-10H,2-4,7-8H2,1H3,(H,17,18). The smallest absolute Gasteiger partial charge is 0.314 e. The van der Waals surface area contributed by atoms with Crippen molar-refractivity contribution in [2.45, 2.75) is 44.4 Å². The largest absolute Gasteiger partial charge is 0.481 e. The molecule has 3 heteroatoms. The monoisotopic (exact) mass is 246 g/mol. The normalized spacial score (nSPS) is 18.3. The van der Waals surface area contributed by atoms with Crippen molar-refractivity contribution in [1.29, 1.82) is 0 Å². The number of aldehydes is 1. The van der Waals surface area contributed by atoms with E-state index in [0.717, 1.165) is 31.1 Å². The molecule has 0 atom stereocenters. The van der Waals surface area contributed by atoms with Crippen molar-refractivity contribution < 1.29 is 14.7 Å². The summed E-state index contributed by atoms with van der Waals surface area (Å²) in [4.78, 5) is 22.9. The second-order valence-electron chi connectivity index (χ2n) is 5.16. The van der Waals surface area contributed by atoms with Gasteiger partial charge >= 0.3 is 5.97 Å². The SMILES string of the molecule is Cc1ccc(C=O)c(C2(C(=O)O)CCCCC2)c1. The number of aliphatic carboxylic acids is 1. The van der Waals surface area contributed by atoms with Crippen LogP contribution in [0.25, 0.3) is 0 Å². The molecule has 1 fully saturated rings. The van der Waals surface area contributed by atoms with E-state index in [1.165, 1.54) is 0 Å². The van der Waals surface area contributed by atoms with Crippen molar-refractivity contribution in [3.8, 4) is 0 Å². The minimum absolute atomic E-state index is 0.518. The van der Waals surface area contributed by atoms with Crippen LogP contribution in [-0.4, -0.2) is 17.4 Å². The van der Waals surface area contributed by atoms with E-state index < -0.39 is 11.4 Å². The van der Waals surface area contributed by atoms with Crippen LogP contribution in [0, 0.1) is 6.92 Å². The van der Waals surface area contributed by atoms with Crippen LogP contribution in [-0.2, 0) is 10.2 Å². The maximum Gasteiger partial charge on any atom is 0.314 e. The second kappa shape index (κ2) is 4.92. The van der Waals surface area contributed by atoms with E-state index in [1.54, 1.807) is 6.07 Å². The summed E-state index contributed by atoms with van der Waals surface area (Å²) in [6.45, 7) is 1.93. The molecule has 96 valence electrons. The number of hydrogen-bond acceptors (Lipinski definition) is 2. The first kappa shape index (κ1) is 12.8. The second-order valence-corrected chi connectivity index (χ2v) is 5.16. The summed E-state index contributed by atoms with van der Waals surface area (Å²) in [5.74, 6) is -0.795. The van der Waals surface area contributed by atoms with Crippen LogP contribution in [0.3, 0.4) is 0 Å². The zero-order valence-electron chi connectivity index (χ0n) is 10.6. The molecule has 2 rings (SSSR count). The minimum atomic E-state index is -0.861. The number of rotatable bonds is 3. The van der Waals surface area contributed by atoms with E-state index in [1.807, 2.05) is 19.1 Å². The lowest BCUT2D eigenvalue weighted by atomic mass is 9.68. The van der Waals surface area contributed by atoms with Crippen molar-refractivity contribution >= 4 is 12.3 Å². The highest BCUT2D eigenvalue weighted by molar-refractivity contribution is 5.87. The predicted octanol–water partition coefficient (Wildman–Crippen LogP) is 3.09. The van der Waals surface area contributed by atoms with E-state index in [2.05, 4.69) is 0 Å². The van der Waals surface area contributed by atoms with E-state index >= 15 is 0 Å². The quantitative estimate of drug-likeness (QED) is 0.834. The Morgan fingerprint density at radius 2 is 1.94 bits per heavy atom. The van der Waals surface area contributed by atoms with Crippen molar-refractivity contribution in [1.82, 2.24) is 0 Å². The van der Waals surface area contributed by atoms with E-state index in [0.29, 0.717) is 24.0 Å². The first-order valence-electron chi connectivity index (χ1n) is 6.40. The van der Waals surface area contributed by atoms with Crippen molar-refractivity contribution in [2.75, 3.05) is 0 Å². The molecule has 0 spiro atoms. The molecule has 1 saturated carbocycles. The Balaban J connectivity index is 2.57. The van der Waals surface area contributed by atoms with Crippen LogP contribution in [0.15, 0.2) is 18.2 Å². The molecule has 0 radical (unpaired) electrons. The first-order valence-corrected chi connectivity index (χ1v) is 6.40. The molecule has 1 aromatic rings. The van der Waals surface area contributed by atoms with Crippen LogP contribution >= 0.6 is 0 Å². The molecule has 0 aliphatic heterocycles. The number of carbonyl (C=O) groups excluding carboxylic acids is 1. The zero-order chi connectivity index (χ0) is 13.2. The van der Waals surface area contributed by atoms with Crippen LogP contribution < -0.4 is 0 Å². The lowest BCUT2D eigenvalue weighted by molar-refractivity contribution is -0.145. The Bertz CT molecular complexity index is 471. The Kier molecular flexibility index (Phi) is 3.50. The van der Waals surface area contributed by atoms with Gasteiger partial charge < -0.3 is 5.11 Å². The fraction of sp³-hybridized carbons (Fsp3) is 0.467. The molecule has 3 nitrogen and oxygen atoms in total. The summed E-state index contributed by atoms with van der Waals surface area (Å²) in [5, 5.41) is 9.64. The number of benzene rings is 1. The van der Waals surface area contributed by atoms with Crippen LogP contribution in [0.2, 0.25) is 0 Å². The Hall–Kier alpha value is -1.64. The summed E-state index contributed by atoms with van der Waals surface area (Å²) in [6, 6.07) is 5.45. The fourth-order valence-corrected chi connectivity index (χ4v) is 2.94. The number of hydrogen-bond donors (Lipinski definition) is 1. The molecular weight excluding hydrogens is 228 g/mol. The van der Waals surface area contributed by atoms with Crippen LogP contribution in [0.4, 0.5) is 0 Å². The van der Waals surface area contributed by atoms with Crippen molar-refractivity contribution in [3.05, 3.63) is 34.9 Å². The fourth-order valence-electron chi connectivity index (χ4n) is 2.94. The Labute approximate surface area is 107 Å². The Morgan fingerprint density at radius 3 is 2.50 bits per heavy atom. The number of carbonyl (C=O) groups is 2. The van der Waals surface area contributed by atoms with Gasteiger partial charge in [-0.05, 0) is 25.3 Å². The van der Waals surface area contributed by atoms with E-state index in [-0.39, 0.29) is 0 Å². The average Bonchev–Trinajstić information content (AvgIpc) is 2.39. The van der Waals surface area contributed by atoms with Gasteiger partial charge in [0.1, 0.15) is 6.29 Å². The highest BCUT2D eigenvalue weighted by Gasteiger charge is 2.42. The third-order valence-electron chi connectivity index (χ3n) is 3.97. The number of aryl methyl sites for hydroxylation is 1. The highest BCUT2D eigenvalue weighted by atomic mass is 16.4. The summed E-state index contributed by atoms with van der Waals surface area (Å²) in [6.07, 6.45) is 4.95. The molecule has 0 heterocycles. The zero-order valence-corrected chi connectivity index (χ0v) is 10.6. The average molecular weight is 246 g/mol. The van der Waals surface area contributed by atoms with Gasteiger partial charge in [0, 0.05) is 5.56 Å². The van der Waals surface area contributed by atoms with E-state index in [4.69, 9.17) is 0 Å². The maximum atomic E-state index is 11.7. The number of carboxylic acid groups (broad SMARTS) is 1. The number of carboxylic acids is 1. The highest BCUT2D eigenvalue weighted by Crippen LogP contribution is 2.41. The van der Waals surface area contributed by atoms with Gasteiger partial charge in [-0.1, -0.05) is 43.0 Å². The van der Waals surface area contributed by atoms with Crippen LogP contribution in [0.5, 0.6) is 0 Å². The summed E-state index contributed by atoms with van der Waals surface area (Å²) < 4.78 is 0. The molecule has 0 unspecified atom stereocenters. The van der Waals surface area contributed by atoms with Gasteiger partial charge in [0.15, 0.2) is 0 Å². The molecule has 0 bridgehead atoms. The van der Waals surface area contributed by atoms with Crippen molar-refractivity contribution in [3.63, 3.8) is 0 Å². The van der Waals surface area contributed by atoms with Crippen molar-refractivity contribution in [2.24, 2.45) is 0 Å². The minimum Gasteiger partial charge on any atom is -0.481 e. The van der Waals surface area contributed by atoms with Gasteiger partial charge in [0.25, 0.3) is 0 Å². The van der Waals surface area contributed by atoms with Gasteiger partial charge in [-0.15, -0.1) is 0 Å². The van der Waals surface area contributed by atoms with E-state index in [9.17, 15) is 14.7 Å². The summed E-state index contributed by atoms with van der Waals surface area (Å²) >= 11 is 0. The maximum absolute atomic E-state index is 11.7. The first-order chi connectivity index (χ1) is 8.60. The van der Waals surface area contributed by atoms with Gasteiger partial charge in [-0.2, -0.15) is 0 Å². The molecule has 0 amide bonds. The third kappa shape index (κ3) is 2.05.